The number of hydrogen-bond donors (Lipinski definition) is 0. The Labute approximate surface area is 161 Å². The van der Waals surface area contributed by atoms with E-state index in [0.29, 0.717) is 0 Å². The molecule has 0 N–H and O–H groups in total. The first-order valence-corrected chi connectivity index (χ1v) is 8.99. The van der Waals surface area contributed by atoms with Crippen molar-refractivity contribution in [3.63, 3.8) is 0 Å². The number of hydrogen-bond acceptors (Lipinski definition) is 6. The molecule has 1 saturated heterocycles. The van der Waals surface area contributed by atoms with E-state index in [9.17, 15) is 14.4 Å². The molecule has 0 radical (unpaired) electrons. The van der Waals surface area contributed by atoms with Crippen LogP contribution in [0, 0.1) is 0 Å². The molecule has 1 aliphatic rings. The molecule has 0 atom stereocenters. The average molecular weight is 385 g/mol. The summed E-state index contributed by atoms with van der Waals surface area (Å²) in [7, 11) is 5.16. The molecule has 0 unspecified atom stereocenters. The molecule has 1 aromatic carbocycles. The van der Waals surface area contributed by atoms with E-state index in [-0.39, 0.29) is 11.4 Å². The van der Waals surface area contributed by atoms with Crippen LogP contribution >= 0.6 is 11.8 Å². The van der Waals surface area contributed by atoms with Crippen molar-refractivity contribution in [1.82, 2.24) is 9.47 Å². The second-order valence-electron chi connectivity index (χ2n) is 6.06. The quantitative estimate of drug-likeness (QED) is 0.582. The van der Waals surface area contributed by atoms with Gasteiger partial charge in [0.05, 0.1) is 12.0 Å². The fraction of sp³-hybridized carbons (Fsp3) is 0.211. The fourth-order valence-electron chi connectivity index (χ4n) is 2.62. The Balaban J connectivity index is 1.87. The SMILES string of the molecule is COC(=O)CN1C(=O)SC(=Cc2cccn2-c2ccc(N(C)C)cc2)C1=O. The van der Waals surface area contributed by atoms with Gasteiger partial charge in [0.25, 0.3) is 11.1 Å². The smallest absolute Gasteiger partial charge is 0.325 e. The lowest BCUT2D eigenvalue weighted by Gasteiger charge is -2.14. The summed E-state index contributed by atoms with van der Waals surface area (Å²) in [5.41, 5.74) is 2.78. The predicted octanol–water partition coefficient (Wildman–Crippen LogP) is 2.75. The number of carbonyl (C=O) groups is 3. The standard InChI is InChI=1S/C19H19N3O4S/c1-20(2)13-6-8-14(9-7-13)21-10-4-5-15(21)11-16-18(24)22(19(25)27-16)12-17(23)26-3/h4-11H,12H2,1-3H3. The lowest BCUT2D eigenvalue weighted by atomic mass is 10.2. The van der Waals surface area contributed by atoms with Gasteiger partial charge < -0.3 is 14.2 Å². The summed E-state index contributed by atoms with van der Waals surface area (Å²) < 4.78 is 6.46. The zero-order chi connectivity index (χ0) is 19.6. The number of imide groups is 1. The summed E-state index contributed by atoms with van der Waals surface area (Å²) in [6.07, 6.45) is 3.54. The minimum atomic E-state index is -0.636. The minimum Gasteiger partial charge on any atom is -0.468 e. The van der Waals surface area contributed by atoms with Crippen LogP contribution in [-0.4, -0.2) is 54.3 Å². The highest BCUT2D eigenvalue weighted by molar-refractivity contribution is 8.18. The van der Waals surface area contributed by atoms with Crippen LogP contribution in [0.25, 0.3) is 11.8 Å². The van der Waals surface area contributed by atoms with Gasteiger partial charge in [-0.15, -0.1) is 0 Å². The topological polar surface area (TPSA) is 71.8 Å². The van der Waals surface area contributed by atoms with Crippen molar-refractivity contribution in [2.75, 3.05) is 32.6 Å². The van der Waals surface area contributed by atoms with Gasteiger partial charge in [-0.2, -0.15) is 0 Å². The van der Waals surface area contributed by atoms with Gasteiger partial charge in [0.15, 0.2) is 0 Å². The van der Waals surface area contributed by atoms with E-state index in [0.717, 1.165) is 33.7 Å². The normalized spacial score (nSPS) is 15.5. The minimum absolute atomic E-state index is 0.272. The van der Waals surface area contributed by atoms with Crippen molar-refractivity contribution >= 4 is 40.6 Å². The first-order chi connectivity index (χ1) is 12.9. The molecule has 1 aliphatic heterocycles. The molecule has 1 aromatic heterocycles. The Morgan fingerprint density at radius 3 is 2.52 bits per heavy atom. The number of ether oxygens (including phenoxy) is 1. The Hall–Kier alpha value is -3.00. The molecular formula is C19H19N3O4S. The molecular weight excluding hydrogens is 366 g/mol. The maximum absolute atomic E-state index is 12.5. The first kappa shape index (κ1) is 18.8. The van der Waals surface area contributed by atoms with Gasteiger partial charge in [-0.25, -0.2) is 0 Å². The van der Waals surface area contributed by atoms with Gasteiger partial charge in [-0.05, 0) is 54.2 Å². The van der Waals surface area contributed by atoms with Crippen LogP contribution in [0.3, 0.4) is 0 Å². The zero-order valence-corrected chi connectivity index (χ0v) is 16.0. The van der Waals surface area contributed by atoms with E-state index >= 15 is 0 Å². The highest BCUT2D eigenvalue weighted by Crippen LogP contribution is 2.32. The van der Waals surface area contributed by atoms with Crippen molar-refractivity contribution < 1.29 is 19.1 Å². The zero-order valence-electron chi connectivity index (χ0n) is 15.2. The lowest BCUT2D eigenvalue weighted by molar-refractivity contribution is -0.143. The van der Waals surface area contributed by atoms with E-state index in [1.807, 2.05) is 66.2 Å². The van der Waals surface area contributed by atoms with E-state index in [4.69, 9.17) is 0 Å². The molecule has 27 heavy (non-hydrogen) atoms. The average Bonchev–Trinajstić information content (AvgIpc) is 3.22. The third kappa shape index (κ3) is 3.90. The maximum atomic E-state index is 12.5. The Morgan fingerprint density at radius 2 is 1.89 bits per heavy atom. The van der Waals surface area contributed by atoms with Crippen molar-refractivity contribution in [2.45, 2.75) is 0 Å². The van der Waals surface area contributed by atoms with Gasteiger partial charge in [-0.3, -0.25) is 19.3 Å². The molecule has 8 heteroatoms. The molecule has 0 saturated carbocycles. The molecule has 2 aromatic rings. The molecule has 2 heterocycles. The third-order valence-electron chi connectivity index (χ3n) is 4.09. The number of methoxy groups -OCH3 is 1. The Kier molecular flexibility index (Phi) is 5.36. The fourth-order valence-corrected chi connectivity index (χ4v) is 3.45. The van der Waals surface area contributed by atoms with Crippen molar-refractivity contribution in [3.8, 4) is 5.69 Å². The number of carbonyl (C=O) groups excluding carboxylic acids is 3. The van der Waals surface area contributed by atoms with Crippen LogP contribution in [0.5, 0.6) is 0 Å². The number of nitrogens with zero attached hydrogens (tertiary/aromatic N) is 3. The third-order valence-corrected chi connectivity index (χ3v) is 5.00. The number of rotatable bonds is 5. The number of anilines is 1. The predicted molar refractivity (Wildman–Crippen MR) is 105 cm³/mol. The van der Waals surface area contributed by atoms with Crippen molar-refractivity contribution in [1.29, 1.82) is 0 Å². The number of esters is 1. The Bertz CT molecular complexity index is 915. The summed E-state index contributed by atoms with van der Waals surface area (Å²) in [5, 5.41) is -0.481. The monoisotopic (exact) mass is 385 g/mol. The van der Waals surface area contributed by atoms with E-state index < -0.39 is 17.1 Å². The van der Waals surface area contributed by atoms with Crippen LogP contribution in [0.1, 0.15) is 5.69 Å². The highest BCUT2D eigenvalue weighted by atomic mass is 32.2. The molecule has 0 aliphatic carbocycles. The molecule has 7 nitrogen and oxygen atoms in total. The van der Waals surface area contributed by atoms with Crippen LogP contribution in [0.15, 0.2) is 47.5 Å². The maximum Gasteiger partial charge on any atom is 0.325 e. The Morgan fingerprint density at radius 1 is 1.19 bits per heavy atom. The number of thioether (sulfide) groups is 1. The van der Waals surface area contributed by atoms with Crippen molar-refractivity contribution in [2.24, 2.45) is 0 Å². The van der Waals surface area contributed by atoms with Crippen LogP contribution in [-0.2, 0) is 14.3 Å². The summed E-state index contributed by atoms with van der Waals surface area (Å²) in [5.74, 6) is -1.13. The first-order valence-electron chi connectivity index (χ1n) is 8.18. The van der Waals surface area contributed by atoms with E-state index in [1.54, 1.807) is 6.08 Å². The van der Waals surface area contributed by atoms with Gasteiger partial charge in [0.2, 0.25) is 0 Å². The van der Waals surface area contributed by atoms with Crippen LogP contribution < -0.4 is 4.90 Å². The molecule has 140 valence electrons. The second kappa shape index (κ2) is 7.71. The molecule has 3 rings (SSSR count). The summed E-state index contributed by atoms with van der Waals surface area (Å²) in [6, 6.07) is 11.7. The van der Waals surface area contributed by atoms with E-state index in [1.165, 1.54) is 7.11 Å². The van der Waals surface area contributed by atoms with Crippen LogP contribution in [0.4, 0.5) is 10.5 Å². The van der Waals surface area contributed by atoms with Gasteiger partial charge in [0, 0.05) is 37.4 Å². The van der Waals surface area contributed by atoms with Gasteiger partial charge >= 0.3 is 5.97 Å². The number of aromatic nitrogens is 1. The molecule has 0 spiro atoms. The molecule has 0 bridgehead atoms. The second-order valence-corrected chi connectivity index (χ2v) is 7.05. The number of benzene rings is 1. The molecule has 1 fully saturated rings. The van der Waals surface area contributed by atoms with Gasteiger partial charge in [-0.1, -0.05) is 0 Å². The summed E-state index contributed by atoms with van der Waals surface area (Å²) in [4.78, 5) is 39.1. The van der Waals surface area contributed by atoms with Crippen LogP contribution in [0.2, 0.25) is 0 Å². The summed E-state index contributed by atoms with van der Waals surface area (Å²) >= 11 is 0.814. The highest BCUT2D eigenvalue weighted by Gasteiger charge is 2.36. The molecule has 2 amide bonds. The van der Waals surface area contributed by atoms with E-state index in [2.05, 4.69) is 4.74 Å². The largest absolute Gasteiger partial charge is 0.468 e. The van der Waals surface area contributed by atoms with Gasteiger partial charge in [0.1, 0.15) is 6.54 Å². The van der Waals surface area contributed by atoms with Crippen molar-refractivity contribution in [3.05, 3.63) is 53.2 Å². The number of amides is 2. The lowest BCUT2D eigenvalue weighted by Crippen LogP contribution is -2.34. The summed E-state index contributed by atoms with van der Waals surface area (Å²) in [6.45, 7) is -0.383.